The zero-order valence-corrected chi connectivity index (χ0v) is 15.7. The maximum absolute atomic E-state index is 12.8. The molecule has 0 radical (unpaired) electrons. The summed E-state index contributed by atoms with van der Waals surface area (Å²) in [6.45, 7) is 4.11. The minimum Gasteiger partial charge on any atom is -0.332 e. The summed E-state index contributed by atoms with van der Waals surface area (Å²) in [6, 6.07) is 8.23. The number of carbonyl (C=O) groups is 1. The zero-order valence-electron chi connectivity index (χ0n) is 14.9. The molecule has 1 fully saturated rings. The van der Waals surface area contributed by atoms with Crippen molar-refractivity contribution in [2.24, 2.45) is 0 Å². The highest BCUT2D eigenvalue weighted by atomic mass is 32.1. The first kappa shape index (κ1) is 17.0. The van der Waals surface area contributed by atoms with Crippen molar-refractivity contribution in [3.05, 3.63) is 46.5 Å². The number of aromatic nitrogens is 3. The molecule has 1 aliphatic rings. The van der Waals surface area contributed by atoms with E-state index in [2.05, 4.69) is 34.5 Å². The fraction of sp³-hybridized carbons (Fsp3) is 0.421. The Morgan fingerprint density at radius 3 is 3.04 bits per heavy atom. The van der Waals surface area contributed by atoms with E-state index < -0.39 is 0 Å². The summed E-state index contributed by atoms with van der Waals surface area (Å²) in [7, 11) is 0. The van der Waals surface area contributed by atoms with E-state index in [0.29, 0.717) is 6.54 Å². The quantitative estimate of drug-likeness (QED) is 0.757. The average molecular weight is 369 g/mol. The lowest BCUT2D eigenvalue weighted by Crippen LogP contribution is -2.44. The van der Waals surface area contributed by atoms with E-state index in [1.54, 1.807) is 11.3 Å². The number of fused-ring (bicyclic) bond motifs is 1. The molecule has 7 heteroatoms. The number of carbonyl (C=O) groups excluding carboxylic acids is 1. The highest BCUT2D eigenvalue weighted by Gasteiger charge is 2.29. The molecule has 0 bridgehead atoms. The number of hydrogen-bond acceptors (Lipinski definition) is 4. The second-order valence-electron chi connectivity index (χ2n) is 6.51. The first-order valence-corrected chi connectivity index (χ1v) is 10.0. The largest absolute Gasteiger partial charge is 0.332 e. The van der Waals surface area contributed by atoms with Gasteiger partial charge in [-0.1, -0.05) is 18.2 Å². The number of para-hydroxylation sites is 1. The number of nitrogens with zero attached hydrogens (tertiary/aromatic N) is 4. The molecular formula is C19H23N5OS. The summed E-state index contributed by atoms with van der Waals surface area (Å²) in [5.74, 6) is 0. The van der Waals surface area contributed by atoms with Crippen LogP contribution >= 0.6 is 11.3 Å². The van der Waals surface area contributed by atoms with E-state index in [4.69, 9.17) is 0 Å². The number of nitrogens with one attached hydrogen (secondary N) is 1. The number of amides is 2. The molecular weight excluding hydrogens is 346 g/mol. The van der Waals surface area contributed by atoms with Gasteiger partial charge >= 0.3 is 6.03 Å². The Balaban J connectivity index is 1.50. The highest BCUT2D eigenvalue weighted by Crippen LogP contribution is 2.32. The molecule has 2 aromatic heterocycles. The van der Waals surface area contributed by atoms with Gasteiger partial charge in [-0.25, -0.2) is 9.78 Å². The van der Waals surface area contributed by atoms with Crippen molar-refractivity contribution in [1.82, 2.24) is 25.0 Å². The number of piperidine rings is 1. The Morgan fingerprint density at radius 2 is 2.23 bits per heavy atom. The van der Waals surface area contributed by atoms with Crippen molar-refractivity contribution >= 4 is 28.3 Å². The number of likely N-dealkylation sites (tertiary alicyclic amines) is 1. The van der Waals surface area contributed by atoms with Gasteiger partial charge in [-0.15, -0.1) is 11.3 Å². The van der Waals surface area contributed by atoms with Crippen molar-refractivity contribution in [3.63, 3.8) is 0 Å². The van der Waals surface area contributed by atoms with Crippen LogP contribution in [0.3, 0.4) is 0 Å². The molecule has 2 amide bonds. The van der Waals surface area contributed by atoms with Crippen LogP contribution in [0.2, 0.25) is 0 Å². The molecule has 1 saturated heterocycles. The van der Waals surface area contributed by atoms with Crippen LogP contribution in [0.5, 0.6) is 0 Å². The molecule has 0 saturated carbocycles. The standard InChI is InChI=1S/C19H23N5OS/c1-2-24-16-8-4-3-7-14(16)15(22-24)13-21-19(25)23-11-6-5-9-17(23)18-20-10-12-26-18/h3-4,7-8,10,12,17H,2,5-6,9,11,13H2,1H3,(H,21,25)/t17-/m1/s1. The van der Waals surface area contributed by atoms with Gasteiger partial charge < -0.3 is 10.2 Å². The minimum atomic E-state index is -0.0278. The van der Waals surface area contributed by atoms with Crippen molar-refractivity contribution in [2.45, 2.75) is 45.3 Å². The SMILES string of the molecule is CCn1nc(CNC(=O)N2CCCC[C@@H]2c2nccs2)c2ccccc21. The molecule has 1 aromatic carbocycles. The van der Waals surface area contributed by atoms with Gasteiger partial charge in [0.1, 0.15) is 5.01 Å². The van der Waals surface area contributed by atoms with Crippen molar-refractivity contribution < 1.29 is 4.79 Å². The van der Waals surface area contributed by atoms with Crippen LogP contribution in [0.1, 0.15) is 42.9 Å². The van der Waals surface area contributed by atoms with Gasteiger partial charge in [-0.2, -0.15) is 5.10 Å². The van der Waals surface area contributed by atoms with Gasteiger partial charge in [0.25, 0.3) is 0 Å². The number of urea groups is 1. The third-order valence-electron chi connectivity index (χ3n) is 4.94. The van der Waals surface area contributed by atoms with Crippen molar-refractivity contribution in [3.8, 4) is 0 Å². The van der Waals surface area contributed by atoms with E-state index in [1.807, 2.05) is 33.3 Å². The van der Waals surface area contributed by atoms with Crippen LogP contribution in [0.4, 0.5) is 4.79 Å². The number of benzene rings is 1. The predicted molar refractivity (Wildman–Crippen MR) is 103 cm³/mol. The number of thiazole rings is 1. The molecule has 26 heavy (non-hydrogen) atoms. The van der Waals surface area contributed by atoms with Crippen LogP contribution in [0.25, 0.3) is 10.9 Å². The zero-order chi connectivity index (χ0) is 17.9. The maximum Gasteiger partial charge on any atom is 0.318 e. The fourth-order valence-electron chi connectivity index (χ4n) is 3.66. The summed E-state index contributed by atoms with van der Waals surface area (Å²) < 4.78 is 1.98. The second-order valence-corrected chi connectivity index (χ2v) is 7.44. The van der Waals surface area contributed by atoms with E-state index in [-0.39, 0.29) is 12.1 Å². The van der Waals surface area contributed by atoms with Gasteiger partial charge in [0.2, 0.25) is 0 Å². The Hall–Kier alpha value is -2.41. The van der Waals surface area contributed by atoms with Crippen molar-refractivity contribution in [2.75, 3.05) is 6.54 Å². The van der Waals surface area contributed by atoms with Gasteiger partial charge in [-0.05, 0) is 32.3 Å². The first-order valence-electron chi connectivity index (χ1n) is 9.16. The van der Waals surface area contributed by atoms with Crippen LogP contribution in [0, 0.1) is 0 Å². The summed E-state index contributed by atoms with van der Waals surface area (Å²) in [5.41, 5.74) is 2.02. The molecule has 1 N–H and O–H groups in total. The molecule has 3 heterocycles. The Kier molecular flexibility index (Phi) is 4.88. The lowest BCUT2D eigenvalue weighted by atomic mass is 10.0. The van der Waals surface area contributed by atoms with Crippen LogP contribution in [-0.2, 0) is 13.1 Å². The van der Waals surface area contributed by atoms with Gasteiger partial charge in [0.15, 0.2) is 0 Å². The van der Waals surface area contributed by atoms with Crippen LogP contribution in [-0.4, -0.2) is 32.2 Å². The topological polar surface area (TPSA) is 63.1 Å². The molecule has 1 atom stereocenters. The van der Waals surface area contributed by atoms with E-state index in [1.165, 1.54) is 0 Å². The minimum absolute atomic E-state index is 0.0278. The highest BCUT2D eigenvalue weighted by molar-refractivity contribution is 7.09. The number of hydrogen-bond donors (Lipinski definition) is 1. The maximum atomic E-state index is 12.8. The average Bonchev–Trinajstić information content (AvgIpc) is 3.34. The third-order valence-corrected chi connectivity index (χ3v) is 5.82. The van der Waals surface area contributed by atoms with Gasteiger partial charge in [0, 0.05) is 30.1 Å². The summed E-state index contributed by atoms with van der Waals surface area (Å²) in [6.07, 6.45) is 4.98. The number of aryl methyl sites for hydroxylation is 1. The Labute approximate surface area is 156 Å². The number of rotatable bonds is 4. The lowest BCUT2D eigenvalue weighted by Gasteiger charge is -2.34. The third kappa shape index (κ3) is 3.19. The van der Waals surface area contributed by atoms with E-state index >= 15 is 0 Å². The van der Waals surface area contributed by atoms with Crippen LogP contribution in [0.15, 0.2) is 35.8 Å². The molecule has 3 aromatic rings. The first-order chi connectivity index (χ1) is 12.8. The smallest absolute Gasteiger partial charge is 0.318 e. The van der Waals surface area contributed by atoms with Crippen LogP contribution < -0.4 is 5.32 Å². The molecule has 1 aliphatic heterocycles. The monoisotopic (exact) mass is 369 g/mol. The summed E-state index contributed by atoms with van der Waals surface area (Å²) in [4.78, 5) is 19.2. The molecule has 4 rings (SSSR count). The Bertz CT molecular complexity index is 889. The van der Waals surface area contributed by atoms with E-state index in [0.717, 1.165) is 54.0 Å². The second kappa shape index (κ2) is 7.45. The Morgan fingerprint density at radius 1 is 1.35 bits per heavy atom. The molecule has 0 spiro atoms. The van der Waals surface area contributed by atoms with E-state index in [9.17, 15) is 4.79 Å². The summed E-state index contributed by atoms with van der Waals surface area (Å²) >= 11 is 1.62. The molecule has 0 aliphatic carbocycles. The molecule has 0 unspecified atom stereocenters. The van der Waals surface area contributed by atoms with Gasteiger partial charge in [-0.3, -0.25) is 4.68 Å². The van der Waals surface area contributed by atoms with Crippen molar-refractivity contribution in [1.29, 1.82) is 0 Å². The predicted octanol–water partition coefficient (Wildman–Crippen LogP) is 3.95. The molecule has 136 valence electrons. The fourth-order valence-corrected chi connectivity index (χ4v) is 4.44. The summed E-state index contributed by atoms with van der Waals surface area (Å²) in [5, 5.41) is 11.9. The normalized spacial score (nSPS) is 17.6. The molecule has 6 nitrogen and oxygen atoms in total. The lowest BCUT2D eigenvalue weighted by molar-refractivity contribution is 0.151. The van der Waals surface area contributed by atoms with Gasteiger partial charge in [0.05, 0.1) is 23.8 Å².